The van der Waals surface area contributed by atoms with Crippen molar-refractivity contribution in [2.45, 2.75) is 68.3 Å². The molecule has 2 saturated heterocycles. The van der Waals surface area contributed by atoms with Crippen LogP contribution in [0.5, 0.6) is 11.5 Å². The summed E-state index contributed by atoms with van der Waals surface area (Å²) in [4.78, 5) is 12.8. The minimum atomic E-state index is -1.73. The van der Waals surface area contributed by atoms with Crippen LogP contribution in [0.25, 0.3) is 21.9 Å². The van der Waals surface area contributed by atoms with Crippen molar-refractivity contribution in [2.75, 3.05) is 6.61 Å². The molecule has 2 aliphatic rings. The molecule has 3 heterocycles. The Morgan fingerprint density at radius 1 is 0.816 bits per heavy atom. The highest BCUT2D eigenvalue weighted by atomic mass is 16.7. The molecule has 206 valence electrons. The molecule has 10 atom stereocenters. The minimum Gasteiger partial charge on any atom is -0.507 e. The lowest BCUT2D eigenvalue weighted by Crippen LogP contribution is -2.61. The van der Waals surface area contributed by atoms with E-state index in [2.05, 4.69) is 0 Å². The number of aliphatic hydroxyl groups excluding tert-OH is 6. The number of phenolic OH excluding ortho intramolecular Hbond substituents is 1. The first-order valence-electron chi connectivity index (χ1n) is 11.9. The number of fused-ring (bicyclic) bond motifs is 2. The number of rotatable bonds is 5. The van der Waals surface area contributed by atoms with Crippen molar-refractivity contribution in [3.63, 3.8) is 0 Å². The van der Waals surface area contributed by atoms with E-state index in [1.165, 1.54) is 13.0 Å². The first-order valence-corrected chi connectivity index (χ1v) is 11.9. The van der Waals surface area contributed by atoms with E-state index in [0.29, 0.717) is 0 Å². The molecule has 0 bridgehead atoms. The van der Waals surface area contributed by atoms with E-state index in [1.807, 2.05) is 0 Å². The van der Waals surface area contributed by atoms with E-state index in [1.54, 1.807) is 24.3 Å². The molecule has 2 fully saturated rings. The van der Waals surface area contributed by atoms with Crippen molar-refractivity contribution in [1.82, 2.24) is 0 Å². The maximum absolute atomic E-state index is 12.8. The molecular weight excluding hydrogens is 508 g/mol. The fraction of sp³-hybridized carbons (Fsp3) is 0.480. The van der Waals surface area contributed by atoms with Gasteiger partial charge in [-0.15, -0.1) is 0 Å². The van der Waals surface area contributed by atoms with E-state index in [9.17, 15) is 40.5 Å². The van der Waals surface area contributed by atoms with Crippen molar-refractivity contribution in [3.8, 4) is 11.5 Å². The first-order chi connectivity index (χ1) is 18.1. The monoisotopic (exact) mass is 536 g/mol. The van der Waals surface area contributed by atoms with Gasteiger partial charge >= 0.3 is 0 Å². The molecule has 38 heavy (non-hydrogen) atoms. The molecule has 13 heteroatoms. The Bertz CT molecular complexity index is 1360. The van der Waals surface area contributed by atoms with Crippen molar-refractivity contribution >= 4 is 21.9 Å². The smallest absolute Gasteiger partial charge is 0.229 e. The average molecular weight is 536 g/mol. The Labute approximate surface area is 214 Å². The van der Waals surface area contributed by atoms with Gasteiger partial charge in [0.1, 0.15) is 70.8 Å². The third-order valence-electron chi connectivity index (χ3n) is 6.79. The fourth-order valence-corrected chi connectivity index (χ4v) is 4.58. The van der Waals surface area contributed by atoms with Gasteiger partial charge in [-0.25, -0.2) is 0 Å². The van der Waals surface area contributed by atoms with Crippen LogP contribution in [0.4, 0.5) is 0 Å². The van der Waals surface area contributed by atoms with E-state index in [-0.39, 0.29) is 27.7 Å². The molecule has 3 aromatic rings. The summed E-state index contributed by atoms with van der Waals surface area (Å²) >= 11 is 0. The van der Waals surface area contributed by atoms with Crippen LogP contribution in [0.2, 0.25) is 0 Å². The molecule has 0 aliphatic carbocycles. The molecule has 2 aliphatic heterocycles. The summed E-state index contributed by atoms with van der Waals surface area (Å²) in [7, 11) is 0. The number of para-hydroxylation sites is 1. The van der Waals surface area contributed by atoms with Gasteiger partial charge in [-0.3, -0.25) is 4.79 Å². The summed E-state index contributed by atoms with van der Waals surface area (Å²) in [5.74, 6) is -0.515. The average Bonchev–Trinajstić information content (AvgIpc) is 2.89. The summed E-state index contributed by atoms with van der Waals surface area (Å²) in [6, 6.07) is 8.92. The molecule has 10 unspecified atom stereocenters. The first kappa shape index (κ1) is 26.7. The Kier molecular flexibility index (Phi) is 7.30. The van der Waals surface area contributed by atoms with E-state index in [0.717, 1.165) is 6.07 Å². The van der Waals surface area contributed by atoms with E-state index >= 15 is 0 Å². The van der Waals surface area contributed by atoms with Gasteiger partial charge in [-0.2, -0.15) is 0 Å². The Morgan fingerprint density at radius 2 is 1.50 bits per heavy atom. The third-order valence-corrected chi connectivity index (χ3v) is 6.79. The summed E-state index contributed by atoms with van der Waals surface area (Å²) < 4.78 is 27.8. The minimum absolute atomic E-state index is 0.00719. The lowest BCUT2D eigenvalue weighted by molar-refractivity contribution is -0.318. The second kappa shape index (κ2) is 10.4. The van der Waals surface area contributed by atoms with Crippen LogP contribution >= 0.6 is 0 Å². The fourth-order valence-electron chi connectivity index (χ4n) is 4.58. The van der Waals surface area contributed by atoms with Gasteiger partial charge in [0.25, 0.3) is 0 Å². The van der Waals surface area contributed by atoms with Gasteiger partial charge in [0, 0.05) is 12.1 Å². The largest absolute Gasteiger partial charge is 0.507 e. The van der Waals surface area contributed by atoms with Crippen molar-refractivity contribution in [1.29, 1.82) is 0 Å². The van der Waals surface area contributed by atoms with Crippen LogP contribution in [-0.2, 0) is 14.2 Å². The van der Waals surface area contributed by atoms with Gasteiger partial charge in [0.2, 0.25) is 11.7 Å². The number of hydrogen-bond donors (Lipinski definition) is 7. The Balaban J connectivity index is 1.35. The zero-order chi connectivity index (χ0) is 27.3. The Morgan fingerprint density at radius 3 is 2.26 bits per heavy atom. The zero-order valence-electron chi connectivity index (χ0n) is 20.0. The number of aliphatic hydroxyl groups is 6. The van der Waals surface area contributed by atoms with Crippen LogP contribution in [0.1, 0.15) is 6.92 Å². The summed E-state index contributed by atoms with van der Waals surface area (Å²) in [6.45, 7) is 1.00. The van der Waals surface area contributed by atoms with Gasteiger partial charge < -0.3 is 59.1 Å². The SMILES string of the molecule is CC1OC(OCC2OC(Oc3cc(O)c4c(=O)c5ccccc5oc4c3)C(O)C(O)C2O)C(O)C(O)C1O. The summed E-state index contributed by atoms with van der Waals surface area (Å²) in [5.41, 5.74) is -0.159. The summed E-state index contributed by atoms with van der Waals surface area (Å²) in [6.07, 6.45) is -14.7. The highest BCUT2D eigenvalue weighted by Crippen LogP contribution is 2.33. The maximum Gasteiger partial charge on any atom is 0.229 e. The zero-order valence-corrected chi connectivity index (χ0v) is 20.0. The normalized spacial score (nSPS) is 36.0. The maximum atomic E-state index is 12.8. The predicted molar refractivity (Wildman–Crippen MR) is 127 cm³/mol. The number of phenols is 1. The molecule has 0 spiro atoms. The molecule has 7 N–H and O–H groups in total. The molecular formula is C25H28O13. The molecule has 1 aromatic heterocycles. The lowest BCUT2D eigenvalue weighted by Gasteiger charge is -2.42. The number of hydrogen-bond acceptors (Lipinski definition) is 13. The van der Waals surface area contributed by atoms with Crippen molar-refractivity contribution < 1.29 is 59.1 Å². The van der Waals surface area contributed by atoms with Crippen LogP contribution in [0.15, 0.2) is 45.6 Å². The van der Waals surface area contributed by atoms with E-state index < -0.39 is 79.2 Å². The van der Waals surface area contributed by atoms with Crippen LogP contribution in [0.3, 0.4) is 0 Å². The second-order valence-corrected chi connectivity index (χ2v) is 9.39. The lowest BCUT2D eigenvalue weighted by atomic mass is 9.98. The number of aromatic hydroxyl groups is 1. The highest BCUT2D eigenvalue weighted by Gasteiger charge is 2.47. The van der Waals surface area contributed by atoms with Gasteiger partial charge in [-0.05, 0) is 19.1 Å². The third kappa shape index (κ3) is 4.73. The van der Waals surface area contributed by atoms with Gasteiger partial charge in [-0.1, -0.05) is 12.1 Å². The topological polar surface area (TPSA) is 209 Å². The number of ether oxygens (including phenoxy) is 4. The standard InChI is InChI=1S/C25H28O13/c1-9-17(27)20(30)22(32)24(35-9)34-8-15-19(29)21(31)23(33)25(38-15)36-10-6-12(26)16-14(7-10)37-13-5-3-2-4-11(13)18(16)28/h2-7,9,15,17,19-27,29-33H,8H2,1H3. The quantitative estimate of drug-likeness (QED) is 0.189. The van der Waals surface area contributed by atoms with E-state index in [4.69, 9.17) is 23.4 Å². The molecule has 0 amide bonds. The second-order valence-electron chi connectivity index (χ2n) is 9.39. The van der Waals surface area contributed by atoms with Crippen LogP contribution < -0.4 is 10.2 Å². The van der Waals surface area contributed by atoms with Crippen molar-refractivity contribution in [3.05, 3.63) is 46.6 Å². The Hall–Kier alpha value is -2.85. The van der Waals surface area contributed by atoms with Gasteiger partial charge in [0.15, 0.2) is 6.29 Å². The predicted octanol–water partition coefficient (Wildman–Crippen LogP) is -1.32. The highest BCUT2D eigenvalue weighted by molar-refractivity contribution is 5.93. The summed E-state index contributed by atoms with van der Waals surface area (Å²) in [5, 5.41) is 71.8. The molecule has 0 saturated carbocycles. The van der Waals surface area contributed by atoms with Crippen molar-refractivity contribution in [2.24, 2.45) is 0 Å². The molecule has 5 rings (SSSR count). The molecule has 2 aromatic carbocycles. The number of benzene rings is 2. The molecule has 13 nitrogen and oxygen atoms in total. The van der Waals surface area contributed by atoms with Crippen LogP contribution in [0, 0.1) is 0 Å². The molecule has 0 radical (unpaired) electrons. The van der Waals surface area contributed by atoms with Gasteiger partial charge in [0.05, 0.1) is 18.1 Å². The van der Waals surface area contributed by atoms with Crippen LogP contribution in [-0.4, -0.2) is 104 Å².